The van der Waals surface area contributed by atoms with E-state index in [0.29, 0.717) is 13.0 Å². The van der Waals surface area contributed by atoms with Gasteiger partial charge in [0.15, 0.2) is 5.78 Å². The zero-order valence-corrected chi connectivity index (χ0v) is 17.1. The molecule has 5 rings (SSSR count). The van der Waals surface area contributed by atoms with Gasteiger partial charge in [-0.1, -0.05) is 18.2 Å². The maximum absolute atomic E-state index is 13.5. The second-order valence-corrected chi connectivity index (χ2v) is 8.54. The number of para-hydroxylation sites is 1. The fraction of sp³-hybridized carbons (Fsp3) is 0.391. The molecule has 30 heavy (non-hydrogen) atoms. The van der Waals surface area contributed by atoms with Crippen LogP contribution in [0.3, 0.4) is 0 Å². The first-order valence-corrected chi connectivity index (χ1v) is 10.4. The fourth-order valence-electron chi connectivity index (χ4n) is 5.19. The van der Waals surface area contributed by atoms with Crippen LogP contribution in [0.2, 0.25) is 0 Å². The third-order valence-corrected chi connectivity index (χ3v) is 6.47. The van der Waals surface area contributed by atoms with Crippen molar-refractivity contribution in [3.63, 3.8) is 0 Å². The summed E-state index contributed by atoms with van der Waals surface area (Å²) in [5.74, 6) is 0.192. The van der Waals surface area contributed by atoms with Crippen LogP contribution in [-0.2, 0) is 9.59 Å². The van der Waals surface area contributed by atoms with Crippen molar-refractivity contribution in [2.75, 3.05) is 25.6 Å². The lowest BCUT2D eigenvalue weighted by Crippen LogP contribution is -2.58. The molecule has 0 bridgehead atoms. The number of anilines is 1. The molecule has 1 aliphatic carbocycles. The summed E-state index contributed by atoms with van der Waals surface area (Å²) >= 11 is 0. The molecular formula is C23H26N4O3. The van der Waals surface area contributed by atoms with E-state index in [4.69, 9.17) is 4.42 Å². The summed E-state index contributed by atoms with van der Waals surface area (Å²) in [5.41, 5.74) is 4.89. The molecule has 3 heterocycles. The van der Waals surface area contributed by atoms with E-state index in [-0.39, 0.29) is 41.5 Å². The number of piperidine rings is 1. The van der Waals surface area contributed by atoms with E-state index in [9.17, 15) is 9.59 Å². The first-order valence-electron chi connectivity index (χ1n) is 10.4. The van der Waals surface area contributed by atoms with Gasteiger partial charge in [0.25, 0.3) is 0 Å². The Morgan fingerprint density at radius 3 is 2.63 bits per heavy atom. The molecule has 0 spiro atoms. The van der Waals surface area contributed by atoms with Crippen LogP contribution < -0.4 is 15.8 Å². The Bertz CT molecular complexity index is 970. The van der Waals surface area contributed by atoms with Crippen molar-refractivity contribution < 1.29 is 14.0 Å². The van der Waals surface area contributed by atoms with Gasteiger partial charge < -0.3 is 9.32 Å². The van der Waals surface area contributed by atoms with Crippen LogP contribution >= 0.6 is 0 Å². The Labute approximate surface area is 175 Å². The molecule has 3 aliphatic rings. The number of benzene rings is 1. The molecule has 1 aromatic carbocycles. The van der Waals surface area contributed by atoms with Gasteiger partial charge in [0.2, 0.25) is 5.91 Å². The number of nitrogens with zero attached hydrogens (tertiary/aromatic N) is 2. The van der Waals surface area contributed by atoms with E-state index in [0.717, 1.165) is 17.0 Å². The molecule has 2 aromatic rings. The first kappa shape index (κ1) is 19.1. The average molecular weight is 406 g/mol. The number of furan rings is 1. The normalized spacial score (nSPS) is 32.3. The Hall–Kier alpha value is -2.90. The highest BCUT2D eigenvalue weighted by Gasteiger charge is 2.55. The van der Waals surface area contributed by atoms with Crippen LogP contribution in [0.1, 0.15) is 18.1 Å². The number of hydrogen-bond donors (Lipinski definition) is 2. The summed E-state index contributed by atoms with van der Waals surface area (Å²) in [5, 5.41) is 5.03. The molecule has 2 N–H and O–H groups in total. The van der Waals surface area contributed by atoms with Crippen molar-refractivity contribution in [2.45, 2.75) is 18.5 Å². The summed E-state index contributed by atoms with van der Waals surface area (Å²) < 4.78 is 5.70. The van der Waals surface area contributed by atoms with Gasteiger partial charge in [-0.3, -0.25) is 14.9 Å². The lowest BCUT2D eigenvalue weighted by molar-refractivity contribution is -0.130. The zero-order valence-electron chi connectivity index (χ0n) is 17.1. The van der Waals surface area contributed by atoms with Crippen molar-refractivity contribution in [3.8, 4) is 0 Å². The van der Waals surface area contributed by atoms with E-state index in [1.807, 2.05) is 67.7 Å². The van der Waals surface area contributed by atoms with Crippen molar-refractivity contribution in [2.24, 2.45) is 17.8 Å². The first-order chi connectivity index (χ1) is 14.5. The molecular weight excluding hydrogens is 380 g/mol. The topological polar surface area (TPSA) is 77.8 Å². The number of rotatable bonds is 3. The minimum atomic E-state index is -0.300. The largest absolute Gasteiger partial charge is 0.469 e. The van der Waals surface area contributed by atoms with Gasteiger partial charge in [0, 0.05) is 44.2 Å². The lowest BCUT2D eigenvalue weighted by Gasteiger charge is -2.43. The third-order valence-electron chi connectivity index (χ3n) is 6.47. The number of allylic oxidation sites excluding steroid dienone is 1. The smallest absolute Gasteiger partial charge is 0.247 e. The highest BCUT2D eigenvalue weighted by Crippen LogP contribution is 2.48. The van der Waals surface area contributed by atoms with Crippen LogP contribution in [0.25, 0.3) is 0 Å². The molecule has 2 aliphatic heterocycles. The Kier molecular flexibility index (Phi) is 4.72. The zero-order chi connectivity index (χ0) is 20.8. The molecule has 0 radical (unpaired) electrons. The van der Waals surface area contributed by atoms with Gasteiger partial charge >= 0.3 is 0 Å². The Morgan fingerprint density at radius 1 is 1.13 bits per heavy atom. The average Bonchev–Trinajstić information content (AvgIpc) is 3.39. The predicted molar refractivity (Wildman–Crippen MR) is 112 cm³/mol. The minimum Gasteiger partial charge on any atom is -0.469 e. The highest BCUT2D eigenvalue weighted by atomic mass is 16.3. The van der Waals surface area contributed by atoms with Gasteiger partial charge in [0.1, 0.15) is 5.76 Å². The van der Waals surface area contributed by atoms with E-state index >= 15 is 0 Å². The molecule has 1 amide bonds. The van der Waals surface area contributed by atoms with Gasteiger partial charge in [-0.05, 0) is 36.6 Å². The quantitative estimate of drug-likeness (QED) is 0.761. The highest BCUT2D eigenvalue weighted by molar-refractivity contribution is 6.02. The monoisotopic (exact) mass is 406 g/mol. The number of amides is 1. The van der Waals surface area contributed by atoms with Crippen LogP contribution in [0.5, 0.6) is 0 Å². The van der Waals surface area contributed by atoms with Gasteiger partial charge in [-0.2, -0.15) is 0 Å². The number of ketones is 1. The molecule has 156 valence electrons. The maximum atomic E-state index is 13.5. The molecule has 7 nitrogen and oxygen atoms in total. The molecule has 3 fully saturated rings. The summed E-state index contributed by atoms with van der Waals surface area (Å²) in [6.45, 7) is 0.559. The number of hydrogen-bond acceptors (Lipinski definition) is 6. The van der Waals surface area contributed by atoms with Crippen molar-refractivity contribution in [1.29, 1.82) is 0 Å². The van der Waals surface area contributed by atoms with Crippen molar-refractivity contribution in [3.05, 3.63) is 66.3 Å². The lowest BCUT2D eigenvalue weighted by atomic mass is 9.63. The summed E-state index contributed by atoms with van der Waals surface area (Å²) in [6, 6.07) is 13.4. The maximum Gasteiger partial charge on any atom is 0.247 e. The van der Waals surface area contributed by atoms with Gasteiger partial charge in [0.05, 0.1) is 24.0 Å². The number of hydrazine groups is 1. The number of fused-ring (bicyclic) bond motifs is 3. The Balaban J connectivity index is 1.50. The molecule has 1 saturated carbocycles. The fourth-order valence-corrected chi connectivity index (χ4v) is 5.19. The van der Waals surface area contributed by atoms with Crippen molar-refractivity contribution in [1.82, 2.24) is 15.6 Å². The van der Waals surface area contributed by atoms with Gasteiger partial charge in [-0.15, -0.1) is 0 Å². The molecule has 5 atom stereocenters. The van der Waals surface area contributed by atoms with E-state index in [1.54, 1.807) is 11.3 Å². The number of nitrogens with one attached hydrogen (secondary N) is 2. The minimum absolute atomic E-state index is 0.0134. The van der Waals surface area contributed by atoms with E-state index in [2.05, 4.69) is 10.7 Å². The standard InChI is InChI=1S/C23H26N4O3/c1-26(2)13-18-15(19-9-6-10-30-19)11-16-17(21(18)28)12-24-22-20(16)23(29)27(25-22)14-7-4-3-5-8-14/h3-10,13,15-17,20,22,24-25H,11-12H2,1-2H3/b18-13-. The van der Waals surface area contributed by atoms with E-state index in [1.165, 1.54) is 0 Å². The van der Waals surface area contributed by atoms with Gasteiger partial charge in [-0.25, -0.2) is 10.4 Å². The second-order valence-electron chi connectivity index (χ2n) is 8.54. The van der Waals surface area contributed by atoms with Crippen LogP contribution in [0, 0.1) is 17.8 Å². The summed E-state index contributed by atoms with van der Waals surface area (Å²) in [6.07, 6.45) is 4.08. The molecule has 7 heteroatoms. The predicted octanol–water partition coefficient (Wildman–Crippen LogP) is 2.11. The number of carbonyl (C=O) groups excluding carboxylic acids is 2. The second kappa shape index (κ2) is 7.41. The van der Waals surface area contributed by atoms with Crippen LogP contribution in [0.4, 0.5) is 5.69 Å². The SMILES string of the molecule is CN(C)/C=C1\C(=O)C2CNC3NN(c4ccccc4)C(=O)C3C2CC1c1ccco1. The van der Waals surface area contributed by atoms with Crippen LogP contribution in [0.15, 0.2) is 64.9 Å². The number of Topliss-reactive ketones (excluding diaryl/α,β-unsaturated/α-hetero) is 1. The van der Waals surface area contributed by atoms with E-state index < -0.39 is 0 Å². The summed E-state index contributed by atoms with van der Waals surface area (Å²) in [4.78, 5) is 28.9. The molecule has 1 aromatic heterocycles. The number of carbonyl (C=O) groups is 2. The third kappa shape index (κ3) is 3.05. The van der Waals surface area contributed by atoms with Crippen LogP contribution in [-0.4, -0.2) is 43.4 Å². The van der Waals surface area contributed by atoms with Crippen molar-refractivity contribution >= 4 is 17.4 Å². The summed E-state index contributed by atoms with van der Waals surface area (Å²) in [7, 11) is 3.84. The molecule has 2 saturated heterocycles. The Morgan fingerprint density at radius 2 is 1.93 bits per heavy atom. The molecule has 5 unspecified atom stereocenters.